The van der Waals surface area contributed by atoms with Crippen LogP contribution in [-0.2, 0) is 6.54 Å². The monoisotopic (exact) mass is 313 g/mol. The summed E-state index contributed by atoms with van der Waals surface area (Å²) in [6.07, 6.45) is 0. The quantitative estimate of drug-likeness (QED) is 0.901. The normalized spacial score (nSPS) is 19.6. The summed E-state index contributed by atoms with van der Waals surface area (Å²) >= 11 is 8.29. The smallest absolute Gasteiger partial charge is 0.129 e. The molecule has 2 heterocycles. The highest BCUT2D eigenvalue weighted by Gasteiger charge is 2.18. The Kier molecular flexibility index (Phi) is 6.00. The van der Waals surface area contributed by atoms with Gasteiger partial charge < -0.3 is 10.2 Å². The summed E-state index contributed by atoms with van der Waals surface area (Å²) in [7, 11) is 0. The molecule has 3 nitrogen and oxygen atoms in total. The highest BCUT2D eigenvalue weighted by Crippen LogP contribution is 2.24. The Labute approximate surface area is 131 Å². The molecule has 112 valence electrons. The van der Waals surface area contributed by atoms with Crippen LogP contribution in [-0.4, -0.2) is 35.6 Å². The molecular weight excluding hydrogens is 290 g/mol. The van der Waals surface area contributed by atoms with Gasteiger partial charge in [0.15, 0.2) is 0 Å². The van der Waals surface area contributed by atoms with E-state index in [-0.39, 0.29) is 0 Å². The molecule has 1 fully saturated rings. The molecule has 0 spiro atoms. The second-order valence-corrected chi connectivity index (χ2v) is 7.70. The second kappa shape index (κ2) is 7.53. The predicted octanol–water partition coefficient (Wildman–Crippen LogP) is 3.42. The van der Waals surface area contributed by atoms with Gasteiger partial charge in [-0.2, -0.15) is 11.8 Å². The van der Waals surface area contributed by atoms with Crippen molar-refractivity contribution in [1.29, 1.82) is 0 Å². The highest BCUT2D eigenvalue weighted by molar-refractivity contribution is 8.00. The molecule has 1 aliphatic rings. The number of thioether (sulfide) groups is 1. The molecular formula is C15H24ClN3S. The van der Waals surface area contributed by atoms with Gasteiger partial charge in [0.05, 0.1) is 10.7 Å². The lowest BCUT2D eigenvalue weighted by Gasteiger charge is -2.31. The Morgan fingerprint density at radius 3 is 3.00 bits per heavy atom. The minimum absolute atomic E-state index is 0.636. The fraction of sp³-hybridized carbons (Fsp3) is 0.667. The molecule has 2 rings (SSSR count). The number of hydrogen-bond acceptors (Lipinski definition) is 4. The van der Waals surface area contributed by atoms with Crippen LogP contribution < -0.4 is 10.2 Å². The van der Waals surface area contributed by atoms with E-state index in [2.05, 4.69) is 31.0 Å². The molecule has 0 radical (unpaired) electrons. The first kappa shape index (κ1) is 15.9. The summed E-state index contributed by atoms with van der Waals surface area (Å²) in [6.45, 7) is 10.5. The number of nitrogens with one attached hydrogen (secondary N) is 1. The van der Waals surface area contributed by atoms with Crippen molar-refractivity contribution in [1.82, 2.24) is 10.3 Å². The molecule has 1 aliphatic heterocycles. The van der Waals surface area contributed by atoms with Gasteiger partial charge in [-0.3, -0.25) is 0 Å². The Morgan fingerprint density at radius 1 is 1.50 bits per heavy atom. The minimum atomic E-state index is 0.636. The van der Waals surface area contributed by atoms with Crippen molar-refractivity contribution in [3.8, 4) is 0 Å². The summed E-state index contributed by atoms with van der Waals surface area (Å²) in [6, 6.07) is 4.01. The summed E-state index contributed by atoms with van der Waals surface area (Å²) in [4.78, 5) is 7.11. The van der Waals surface area contributed by atoms with Crippen molar-refractivity contribution >= 4 is 29.2 Å². The summed E-state index contributed by atoms with van der Waals surface area (Å²) in [5.41, 5.74) is 0.954. The van der Waals surface area contributed by atoms with Crippen LogP contribution in [0.4, 0.5) is 5.82 Å². The van der Waals surface area contributed by atoms with Gasteiger partial charge in [0.2, 0.25) is 0 Å². The number of pyridine rings is 1. The van der Waals surface area contributed by atoms with E-state index in [1.54, 1.807) is 0 Å². The van der Waals surface area contributed by atoms with Crippen molar-refractivity contribution < 1.29 is 0 Å². The van der Waals surface area contributed by atoms with E-state index in [4.69, 9.17) is 16.6 Å². The average molecular weight is 314 g/mol. The van der Waals surface area contributed by atoms with Crippen LogP contribution in [0.5, 0.6) is 0 Å². The van der Waals surface area contributed by atoms with Gasteiger partial charge in [0, 0.05) is 30.6 Å². The van der Waals surface area contributed by atoms with E-state index in [1.165, 1.54) is 5.75 Å². The first-order chi connectivity index (χ1) is 9.56. The van der Waals surface area contributed by atoms with Gasteiger partial charge in [-0.1, -0.05) is 32.4 Å². The number of hydrogen-bond donors (Lipinski definition) is 1. The highest BCUT2D eigenvalue weighted by atomic mass is 35.5. The third-order valence-corrected chi connectivity index (χ3v) is 4.79. The van der Waals surface area contributed by atoms with Crippen LogP contribution in [0, 0.1) is 5.92 Å². The molecule has 0 aliphatic carbocycles. The number of anilines is 1. The number of aromatic nitrogens is 1. The van der Waals surface area contributed by atoms with E-state index in [0.29, 0.717) is 11.2 Å². The van der Waals surface area contributed by atoms with Crippen molar-refractivity contribution in [2.75, 3.05) is 30.3 Å². The predicted molar refractivity (Wildman–Crippen MR) is 89.9 cm³/mol. The molecule has 1 saturated heterocycles. The maximum Gasteiger partial charge on any atom is 0.129 e. The van der Waals surface area contributed by atoms with Gasteiger partial charge >= 0.3 is 0 Å². The third kappa shape index (κ3) is 4.54. The molecule has 5 heteroatoms. The third-order valence-electron chi connectivity index (χ3n) is 3.31. The zero-order valence-electron chi connectivity index (χ0n) is 12.5. The van der Waals surface area contributed by atoms with Crippen LogP contribution >= 0.6 is 23.4 Å². The molecule has 1 aromatic rings. The van der Waals surface area contributed by atoms with Crippen LogP contribution in [0.25, 0.3) is 0 Å². The standard InChI is InChI=1S/C15H24ClN3S/c1-11(2)8-17-9-14-13(16)4-5-15(18-14)19-6-7-20-12(3)10-19/h4-5,11-12,17H,6-10H2,1-3H3. The Balaban J connectivity index is 2.03. The lowest BCUT2D eigenvalue weighted by Crippen LogP contribution is -2.37. The molecule has 0 bridgehead atoms. The number of halogens is 1. The van der Waals surface area contributed by atoms with Gasteiger partial charge in [0.1, 0.15) is 5.82 Å². The maximum atomic E-state index is 6.25. The fourth-order valence-corrected chi connectivity index (χ4v) is 3.46. The van der Waals surface area contributed by atoms with Crippen molar-refractivity contribution in [3.05, 3.63) is 22.8 Å². The molecule has 1 unspecified atom stereocenters. The zero-order chi connectivity index (χ0) is 14.5. The molecule has 1 aromatic heterocycles. The molecule has 20 heavy (non-hydrogen) atoms. The fourth-order valence-electron chi connectivity index (χ4n) is 2.28. The van der Waals surface area contributed by atoms with Crippen molar-refractivity contribution in [2.45, 2.75) is 32.6 Å². The molecule has 0 amide bonds. The van der Waals surface area contributed by atoms with Crippen molar-refractivity contribution in [3.63, 3.8) is 0 Å². The van der Waals surface area contributed by atoms with Gasteiger partial charge in [-0.25, -0.2) is 4.98 Å². The maximum absolute atomic E-state index is 6.25. The lowest BCUT2D eigenvalue weighted by molar-refractivity contribution is 0.548. The Hall–Kier alpha value is -0.450. The topological polar surface area (TPSA) is 28.2 Å². The number of rotatable bonds is 5. The first-order valence-electron chi connectivity index (χ1n) is 7.29. The molecule has 0 aromatic carbocycles. The van der Waals surface area contributed by atoms with Crippen LogP contribution in [0.1, 0.15) is 26.5 Å². The molecule has 1 atom stereocenters. The van der Waals surface area contributed by atoms with E-state index in [9.17, 15) is 0 Å². The van der Waals surface area contributed by atoms with Gasteiger partial charge in [-0.15, -0.1) is 0 Å². The van der Waals surface area contributed by atoms with Crippen LogP contribution in [0.15, 0.2) is 12.1 Å². The molecule has 1 N–H and O–H groups in total. The SMILES string of the molecule is CC(C)CNCc1nc(N2CCSC(C)C2)ccc1Cl. The molecule has 0 saturated carbocycles. The lowest BCUT2D eigenvalue weighted by atomic mass is 10.2. The van der Waals surface area contributed by atoms with Crippen LogP contribution in [0.2, 0.25) is 5.02 Å². The van der Waals surface area contributed by atoms with Crippen molar-refractivity contribution in [2.24, 2.45) is 5.92 Å². The Morgan fingerprint density at radius 2 is 2.30 bits per heavy atom. The second-order valence-electron chi connectivity index (χ2n) is 5.75. The van der Waals surface area contributed by atoms with Gasteiger partial charge in [-0.05, 0) is 24.6 Å². The van der Waals surface area contributed by atoms with Crippen LogP contribution in [0.3, 0.4) is 0 Å². The Bertz CT molecular complexity index is 439. The van der Waals surface area contributed by atoms with E-state index in [0.717, 1.165) is 42.7 Å². The van der Waals surface area contributed by atoms with E-state index < -0.39 is 0 Å². The van der Waals surface area contributed by atoms with Gasteiger partial charge in [0.25, 0.3) is 0 Å². The summed E-state index contributed by atoms with van der Waals surface area (Å²) < 4.78 is 0. The number of nitrogens with zero attached hydrogens (tertiary/aromatic N) is 2. The van der Waals surface area contributed by atoms with E-state index in [1.807, 2.05) is 23.9 Å². The summed E-state index contributed by atoms with van der Waals surface area (Å²) in [5, 5.41) is 4.84. The largest absolute Gasteiger partial charge is 0.355 e. The zero-order valence-corrected chi connectivity index (χ0v) is 14.1. The van der Waals surface area contributed by atoms with E-state index >= 15 is 0 Å². The minimum Gasteiger partial charge on any atom is -0.355 e. The summed E-state index contributed by atoms with van der Waals surface area (Å²) in [5.74, 6) is 2.87. The first-order valence-corrected chi connectivity index (χ1v) is 8.71. The average Bonchev–Trinajstić information content (AvgIpc) is 2.40.